The smallest absolute Gasteiger partial charge is 0.191 e. The molecule has 0 aliphatic carbocycles. The van der Waals surface area contributed by atoms with Gasteiger partial charge in [-0.1, -0.05) is 12.1 Å². The molecule has 2 aromatic rings. The Morgan fingerprint density at radius 1 is 1.21 bits per heavy atom. The Morgan fingerprint density at radius 3 is 2.57 bits per heavy atom. The van der Waals surface area contributed by atoms with E-state index in [0.29, 0.717) is 19.0 Å². The topological polar surface area (TPSA) is 85.6 Å². The number of ether oxygens (including phenoxy) is 2. The minimum atomic E-state index is 0. The summed E-state index contributed by atoms with van der Waals surface area (Å²) in [5, 5.41) is 14.7. The van der Waals surface area contributed by atoms with Crippen molar-refractivity contribution in [3.8, 4) is 11.5 Å². The van der Waals surface area contributed by atoms with E-state index in [2.05, 4.69) is 32.4 Å². The SMILES string of the molecule is C=CCNC(=NCc1nnc(C)n1C)NCCc1ccc(OC)c(OC)c1.I. The molecule has 0 amide bonds. The lowest BCUT2D eigenvalue weighted by Crippen LogP contribution is -2.38. The maximum Gasteiger partial charge on any atom is 0.191 e. The van der Waals surface area contributed by atoms with Gasteiger partial charge in [0.1, 0.15) is 12.4 Å². The van der Waals surface area contributed by atoms with Crippen LogP contribution in [0.15, 0.2) is 35.8 Å². The fourth-order valence-electron chi connectivity index (χ4n) is 2.44. The van der Waals surface area contributed by atoms with Crippen molar-refractivity contribution in [2.24, 2.45) is 12.0 Å². The second-order valence-corrected chi connectivity index (χ2v) is 5.92. The molecule has 28 heavy (non-hydrogen) atoms. The number of nitrogens with zero attached hydrogens (tertiary/aromatic N) is 4. The molecule has 0 saturated carbocycles. The van der Waals surface area contributed by atoms with E-state index in [0.717, 1.165) is 41.7 Å². The molecule has 1 aromatic carbocycles. The lowest BCUT2D eigenvalue weighted by atomic mass is 10.1. The van der Waals surface area contributed by atoms with Gasteiger partial charge in [-0.25, -0.2) is 4.99 Å². The Hall–Kier alpha value is -2.30. The lowest BCUT2D eigenvalue weighted by Gasteiger charge is -2.13. The van der Waals surface area contributed by atoms with Crippen LogP contribution >= 0.6 is 24.0 Å². The number of methoxy groups -OCH3 is 2. The van der Waals surface area contributed by atoms with E-state index < -0.39 is 0 Å². The molecule has 0 saturated heterocycles. The highest BCUT2D eigenvalue weighted by Crippen LogP contribution is 2.27. The molecule has 154 valence electrons. The molecule has 2 N–H and O–H groups in total. The summed E-state index contributed by atoms with van der Waals surface area (Å²) in [4.78, 5) is 4.58. The van der Waals surface area contributed by atoms with Gasteiger partial charge in [-0.2, -0.15) is 0 Å². The summed E-state index contributed by atoms with van der Waals surface area (Å²) in [7, 11) is 5.20. The molecule has 0 aliphatic heterocycles. The summed E-state index contributed by atoms with van der Waals surface area (Å²) in [5.74, 6) is 3.83. The number of halogens is 1. The van der Waals surface area contributed by atoms with Gasteiger partial charge in [0.2, 0.25) is 0 Å². The number of aliphatic imine (C=N–C) groups is 1. The van der Waals surface area contributed by atoms with Gasteiger partial charge in [-0.3, -0.25) is 0 Å². The predicted molar refractivity (Wildman–Crippen MR) is 122 cm³/mol. The van der Waals surface area contributed by atoms with Gasteiger partial charge < -0.3 is 24.7 Å². The maximum atomic E-state index is 5.35. The highest BCUT2D eigenvalue weighted by Gasteiger charge is 2.06. The van der Waals surface area contributed by atoms with Gasteiger partial charge >= 0.3 is 0 Å². The molecule has 0 aliphatic rings. The molecule has 1 heterocycles. The number of hydrogen-bond acceptors (Lipinski definition) is 5. The number of aryl methyl sites for hydroxylation is 1. The minimum absolute atomic E-state index is 0. The van der Waals surface area contributed by atoms with Crippen molar-refractivity contribution in [2.75, 3.05) is 27.3 Å². The Morgan fingerprint density at radius 2 is 1.96 bits per heavy atom. The van der Waals surface area contributed by atoms with Crippen molar-refractivity contribution in [3.63, 3.8) is 0 Å². The summed E-state index contributed by atoms with van der Waals surface area (Å²) in [6, 6.07) is 5.92. The third kappa shape index (κ3) is 6.70. The van der Waals surface area contributed by atoms with E-state index in [1.165, 1.54) is 0 Å². The Balaban J connectivity index is 0.00000392. The summed E-state index contributed by atoms with van der Waals surface area (Å²) >= 11 is 0. The number of nitrogens with one attached hydrogen (secondary N) is 2. The number of guanidine groups is 1. The third-order valence-electron chi connectivity index (χ3n) is 4.13. The van der Waals surface area contributed by atoms with E-state index in [4.69, 9.17) is 9.47 Å². The van der Waals surface area contributed by atoms with Crippen LogP contribution in [0.25, 0.3) is 0 Å². The van der Waals surface area contributed by atoms with Crippen molar-refractivity contribution < 1.29 is 9.47 Å². The minimum Gasteiger partial charge on any atom is -0.493 e. The fraction of sp³-hybridized carbons (Fsp3) is 0.421. The average molecular weight is 500 g/mol. The van der Waals surface area contributed by atoms with Crippen molar-refractivity contribution in [1.82, 2.24) is 25.4 Å². The molecule has 0 bridgehead atoms. The van der Waals surface area contributed by atoms with Crippen molar-refractivity contribution in [3.05, 3.63) is 48.1 Å². The van der Waals surface area contributed by atoms with Crippen LogP contribution in [0.2, 0.25) is 0 Å². The van der Waals surface area contributed by atoms with Crippen LogP contribution in [0.1, 0.15) is 17.2 Å². The quantitative estimate of drug-likeness (QED) is 0.238. The molecule has 8 nitrogen and oxygen atoms in total. The van der Waals surface area contributed by atoms with Crippen LogP contribution in [0.3, 0.4) is 0 Å². The number of aromatic nitrogens is 3. The molecule has 0 unspecified atom stereocenters. The summed E-state index contributed by atoms with van der Waals surface area (Å²) in [5.41, 5.74) is 1.15. The zero-order chi connectivity index (χ0) is 19.6. The monoisotopic (exact) mass is 500 g/mol. The number of hydrogen-bond donors (Lipinski definition) is 2. The van der Waals surface area contributed by atoms with E-state index in [1.54, 1.807) is 20.3 Å². The number of benzene rings is 1. The first kappa shape index (κ1) is 23.7. The Labute approximate surface area is 183 Å². The molecular weight excluding hydrogens is 471 g/mol. The number of rotatable bonds is 9. The first-order valence-electron chi connectivity index (χ1n) is 8.77. The van der Waals surface area contributed by atoms with E-state index in [1.807, 2.05) is 36.7 Å². The highest BCUT2D eigenvalue weighted by molar-refractivity contribution is 14.0. The standard InChI is InChI=1S/C19H28N6O2.HI/c1-6-10-20-19(22-13-18-24-23-14(2)25(18)3)21-11-9-15-7-8-16(26-4)17(12-15)27-5;/h6-8,12H,1,9-11,13H2,2-5H3,(H2,20,21,22);1H. The van der Waals surface area contributed by atoms with Crippen LogP contribution < -0.4 is 20.1 Å². The van der Waals surface area contributed by atoms with Gasteiger partial charge in [0.15, 0.2) is 23.3 Å². The van der Waals surface area contributed by atoms with Crippen LogP contribution in [0.5, 0.6) is 11.5 Å². The normalized spacial score (nSPS) is 10.8. The van der Waals surface area contributed by atoms with E-state index in [-0.39, 0.29) is 24.0 Å². The molecule has 0 radical (unpaired) electrons. The molecule has 0 fully saturated rings. The largest absolute Gasteiger partial charge is 0.493 e. The fourth-order valence-corrected chi connectivity index (χ4v) is 2.44. The van der Waals surface area contributed by atoms with Gasteiger partial charge in [-0.15, -0.1) is 40.8 Å². The summed E-state index contributed by atoms with van der Waals surface area (Å²) in [6.07, 6.45) is 2.61. The van der Waals surface area contributed by atoms with Gasteiger partial charge in [0.05, 0.1) is 14.2 Å². The van der Waals surface area contributed by atoms with E-state index >= 15 is 0 Å². The third-order valence-corrected chi connectivity index (χ3v) is 4.13. The van der Waals surface area contributed by atoms with Crippen molar-refractivity contribution >= 4 is 29.9 Å². The molecule has 0 spiro atoms. The Bertz CT molecular complexity index is 791. The first-order valence-corrected chi connectivity index (χ1v) is 8.77. The van der Waals surface area contributed by atoms with Crippen LogP contribution in [-0.4, -0.2) is 48.0 Å². The summed E-state index contributed by atoms with van der Waals surface area (Å²) < 4.78 is 12.6. The average Bonchev–Trinajstić information content (AvgIpc) is 3.01. The van der Waals surface area contributed by atoms with Gasteiger partial charge in [0, 0.05) is 20.1 Å². The zero-order valence-corrected chi connectivity index (χ0v) is 19.2. The second kappa shape index (κ2) is 12.2. The molecule has 9 heteroatoms. The highest BCUT2D eigenvalue weighted by atomic mass is 127. The predicted octanol–water partition coefficient (Wildman–Crippen LogP) is 2.22. The van der Waals surface area contributed by atoms with Crippen LogP contribution in [0, 0.1) is 6.92 Å². The van der Waals surface area contributed by atoms with Crippen LogP contribution in [-0.2, 0) is 20.0 Å². The Kier molecular flexibility index (Phi) is 10.4. The zero-order valence-electron chi connectivity index (χ0n) is 16.9. The van der Waals surface area contributed by atoms with Gasteiger partial charge in [-0.05, 0) is 31.0 Å². The molecule has 2 rings (SSSR count). The van der Waals surface area contributed by atoms with Crippen molar-refractivity contribution in [2.45, 2.75) is 19.9 Å². The van der Waals surface area contributed by atoms with E-state index in [9.17, 15) is 0 Å². The maximum absolute atomic E-state index is 5.35. The second-order valence-electron chi connectivity index (χ2n) is 5.92. The lowest BCUT2D eigenvalue weighted by molar-refractivity contribution is 0.354. The molecule has 0 atom stereocenters. The van der Waals surface area contributed by atoms with Gasteiger partial charge in [0.25, 0.3) is 0 Å². The first-order chi connectivity index (χ1) is 13.1. The molecule has 1 aromatic heterocycles. The van der Waals surface area contributed by atoms with Crippen LogP contribution in [0.4, 0.5) is 0 Å². The van der Waals surface area contributed by atoms with Crippen molar-refractivity contribution in [1.29, 1.82) is 0 Å². The molecular formula is C19H29IN6O2. The summed E-state index contributed by atoms with van der Waals surface area (Å²) in [6.45, 7) is 7.44.